The third-order valence-corrected chi connectivity index (χ3v) is 6.18. The molecule has 7 nitrogen and oxygen atoms in total. The van der Waals surface area contributed by atoms with Crippen molar-refractivity contribution in [1.29, 1.82) is 0 Å². The second-order valence-corrected chi connectivity index (χ2v) is 9.16. The number of amides is 2. The van der Waals surface area contributed by atoms with Crippen molar-refractivity contribution >= 4 is 22.8 Å². The Balaban J connectivity index is 1.50. The van der Waals surface area contributed by atoms with Crippen LogP contribution in [0.4, 0.5) is 8.78 Å². The molecule has 0 aliphatic rings. The van der Waals surface area contributed by atoms with E-state index >= 15 is 0 Å². The minimum absolute atomic E-state index is 0.00461. The van der Waals surface area contributed by atoms with Gasteiger partial charge in [-0.15, -0.1) is 0 Å². The zero-order valence-corrected chi connectivity index (χ0v) is 20.7. The maximum Gasteiger partial charge on any atom is 0.243 e. The van der Waals surface area contributed by atoms with Crippen LogP contribution in [0, 0.1) is 11.6 Å². The first kappa shape index (κ1) is 26.0. The number of aromatic amines is 1. The highest BCUT2D eigenvalue weighted by molar-refractivity contribution is 5.90. The Kier molecular flexibility index (Phi) is 8.25. The summed E-state index contributed by atoms with van der Waals surface area (Å²) in [6, 6.07) is 15.3. The first-order valence-corrected chi connectivity index (χ1v) is 11.9. The summed E-state index contributed by atoms with van der Waals surface area (Å²) in [4.78, 5) is 35.7. The fraction of sp³-hybridized carbons (Fsp3) is 0.250. The lowest BCUT2D eigenvalue weighted by Gasteiger charge is -2.26. The van der Waals surface area contributed by atoms with Gasteiger partial charge in [-0.2, -0.15) is 0 Å². The number of benzene rings is 2. The molecule has 2 heterocycles. The van der Waals surface area contributed by atoms with E-state index in [1.807, 2.05) is 42.5 Å². The van der Waals surface area contributed by atoms with Gasteiger partial charge in [0.15, 0.2) is 11.6 Å². The van der Waals surface area contributed by atoms with Crippen molar-refractivity contribution in [2.45, 2.75) is 31.5 Å². The number of rotatable bonds is 10. The van der Waals surface area contributed by atoms with Crippen LogP contribution in [0.1, 0.15) is 16.7 Å². The number of aromatic nitrogens is 2. The molecule has 0 aliphatic carbocycles. The summed E-state index contributed by atoms with van der Waals surface area (Å²) in [7, 11) is 3.59. The Bertz CT molecular complexity index is 1370. The first-order chi connectivity index (χ1) is 17.8. The normalized spacial score (nSPS) is 12.9. The third-order valence-electron chi connectivity index (χ3n) is 6.18. The summed E-state index contributed by atoms with van der Waals surface area (Å²) in [6.45, 7) is 0.193. The van der Waals surface area contributed by atoms with Gasteiger partial charge in [-0.3, -0.25) is 14.5 Å². The number of carbonyl (C=O) groups excluding carboxylic acids is 2. The maximum absolute atomic E-state index is 13.9. The van der Waals surface area contributed by atoms with E-state index in [-0.39, 0.29) is 18.9 Å². The number of hydrogen-bond acceptors (Lipinski definition) is 4. The zero-order valence-electron chi connectivity index (χ0n) is 20.7. The van der Waals surface area contributed by atoms with E-state index in [9.17, 15) is 18.4 Å². The van der Waals surface area contributed by atoms with Gasteiger partial charge in [-0.25, -0.2) is 13.8 Å². The molecule has 4 aromatic rings. The predicted octanol–water partition coefficient (Wildman–Crippen LogP) is 3.36. The number of halogens is 2. The van der Waals surface area contributed by atoms with Crippen LogP contribution in [0.5, 0.6) is 0 Å². The molecule has 0 radical (unpaired) electrons. The number of nitrogens with zero attached hydrogens (tertiary/aromatic N) is 2. The number of fused-ring (bicyclic) bond motifs is 1. The van der Waals surface area contributed by atoms with Crippen LogP contribution in [0.2, 0.25) is 0 Å². The Labute approximate surface area is 213 Å². The summed E-state index contributed by atoms with van der Waals surface area (Å²) in [5.74, 6) is -2.77. The predicted molar refractivity (Wildman–Crippen MR) is 138 cm³/mol. The average molecular weight is 506 g/mol. The quantitative estimate of drug-likeness (QED) is 0.308. The van der Waals surface area contributed by atoms with Crippen LogP contribution in [0.15, 0.2) is 73.1 Å². The van der Waals surface area contributed by atoms with E-state index in [4.69, 9.17) is 0 Å². The van der Waals surface area contributed by atoms with E-state index in [1.54, 1.807) is 31.4 Å². The van der Waals surface area contributed by atoms with Crippen molar-refractivity contribution < 1.29 is 18.4 Å². The Morgan fingerprint density at radius 1 is 0.919 bits per heavy atom. The van der Waals surface area contributed by atoms with Crippen molar-refractivity contribution in [2.24, 2.45) is 0 Å². The van der Waals surface area contributed by atoms with Crippen LogP contribution in [0.3, 0.4) is 0 Å². The van der Waals surface area contributed by atoms with E-state index in [2.05, 4.69) is 20.6 Å². The number of H-pyrrole nitrogens is 1. The van der Waals surface area contributed by atoms with Gasteiger partial charge in [0.1, 0.15) is 11.7 Å². The molecule has 2 aromatic carbocycles. The van der Waals surface area contributed by atoms with Crippen molar-refractivity contribution in [3.8, 4) is 0 Å². The van der Waals surface area contributed by atoms with Gasteiger partial charge in [0.2, 0.25) is 11.8 Å². The largest absolute Gasteiger partial charge is 0.350 e. The monoisotopic (exact) mass is 505 g/mol. The number of hydrogen-bond donors (Lipinski definition) is 3. The molecule has 37 heavy (non-hydrogen) atoms. The van der Waals surface area contributed by atoms with Gasteiger partial charge in [-0.1, -0.05) is 36.4 Å². The second-order valence-electron chi connectivity index (χ2n) is 9.16. The SMILES string of the molecule is CN(C)C(Cc1ccccc1)C(=O)N[C@@H](Cc1ccc(F)c(F)c1)C(=O)NCc1cnc2[nH]ccc2c1. The van der Waals surface area contributed by atoms with Crippen LogP contribution >= 0.6 is 0 Å². The van der Waals surface area contributed by atoms with Gasteiger partial charge in [0.25, 0.3) is 0 Å². The molecule has 192 valence electrons. The standard InChI is InChI=1S/C28H29F2N5O2/c1-35(2)25(15-18-6-4-3-5-7-18)28(37)34-24(14-19-8-9-22(29)23(30)13-19)27(36)33-17-20-12-21-10-11-31-26(21)32-16-20/h3-13,16,24-25H,14-15,17H2,1-2H3,(H,31,32)(H,33,36)(H,34,37)/t24-,25?/m0/s1. The minimum Gasteiger partial charge on any atom is -0.350 e. The van der Waals surface area contributed by atoms with Crippen LogP contribution in [-0.4, -0.2) is 52.9 Å². The Morgan fingerprint density at radius 3 is 2.43 bits per heavy atom. The number of carbonyl (C=O) groups is 2. The molecular weight excluding hydrogens is 476 g/mol. The molecule has 0 bridgehead atoms. The van der Waals surface area contributed by atoms with Crippen LogP contribution in [-0.2, 0) is 29.0 Å². The Hall–Kier alpha value is -4.11. The zero-order chi connectivity index (χ0) is 26.4. The molecule has 2 aromatic heterocycles. The fourth-order valence-corrected chi connectivity index (χ4v) is 4.12. The Morgan fingerprint density at radius 2 is 1.70 bits per heavy atom. The molecule has 0 aliphatic heterocycles. The maximum atomic E-state index is 13.9. The molecule has 0 spiro atoms. The van der Waals surface area contributed by atoms with E-state index in [1.165, 1.54) is 6.07 Å². The minimum atomic E-state index is -1.01. The molecule has 0 fully saturated rings. The first-order valence-electron chi connectivity index (χ1n) is 11.9. The third kappa shape index (κ3) is 6.77. The summed E-state index contributed by atoms with van der Waals surface area (Å²) in [5.41, 5.74) is 2.89. The number of likely N-dealkylation sites (N-methyl/N-ethyl adjacent to an activating group) is 1. The lowest BCUT2D eigenvalue weighted by Crippen LogP contribution is -2.53. The average Bonchev–Trinajstić information content (AvgIpc) is 3.36. The highest BCUT2D eigenvalue weighted by Gasteiger charge is 2.27. The van der Waals surface area contributed by atoms with Crippen molar-refractivity contribution in [3.63, 3.8) is 0 Å². The van der Waals surface area contributed by atoms with Gasteiger partial charge < -0.3 is 15.6 Å². The van der Waals surface area contributed by atoms with E-state index in [0.717, 1.165) is 34.3 Å². The number of nitrogens with one attached hydrogen (secondary N) is 3. The molecular formula is C28H29F2N5O2. The molecule has 0 saturated carbocycles. The molecule has 3 N–H and O–H groups in total. The molecule has 2 amide bonds. The van der Waals surface area contributed by atoms with E-state index < -0.39 is 29.6 Å². The lowest BCUT2D eigenvalue weighted by molar-refractivity contribution is -0.131. The van der Waals surface area contributed by atoms with Gasteiger partial charge >= 0.3 is 0 Å². The summed E-state index contributed by atoms with van der Waals surface area (Å²) < 4.78 is 27.3. The van der Waals surface area contributed by atoms with Crippen LogP contribution in [0.25, 0.3) is 11.0 Å². The second kappa shape index (κ2) is 11.7. The number of pyridine rings is 1. The van der Waals surface area contributed by atoms with Gasteiger partial charge in [-0.05, 0) is 61.5 Å². The van der Waals surface area contributed by atoms with Crippen molar-refractivity contribution in [2.75, 3.05) is 14.1 Å². The van der Waals surface area contributed by atoms with Gasteiger partial charge in [0.05, 0.1) is 6.04 Å². The summed E-state index contributed by atoms with van der Waals surface area (Å²) >= 11 is 0. The highest BCUT2D eigenvalue weighted by Crippen LogP contribution is 2.14. The molecule has 0 saturated heterocycles. The topological polar surface area (TPSA) is 90.1 Å². The highest BCUT2D eigenvalue weighted by atomic mass is 19.2. The summed E-state index contributed by atoms with van der Waals surface area (Å²) in [5, 5.41) is 6.58. The van der Waals surface area contributed by atoms with Crippen molar-refractivity contribution in [3.05, 3.63) is 101 Å². The van der Waals surface area contributed by atoms with Crippen molar-refractivity contribution in [1.82, 2.24) is 25.5 Å². The molecule has 2 atom stereocenters. The smallest absolute Gasteiger partial charge is 0.243 e. The van der Waals surface area contributed by atoms with Gasteiger partial charge in [0, 0.05) is 30.7 Å². The molecule has 9 heteroatoms. The fourth-order valence-electron chi connectivity index (χ4n) is 4.12. The summed E-state index contributed by atoms with van der Waals surface area (Å²) in [6.07, 6.45) is 3.88. The van der Waals surface area contributed by atoms with E-state index in [0.29, 0.717) is 12.0 Å². The van der Waals surface area contributed by atoms with Crippen LogP contribution < -0.4 is 10.6 Å². The lowest BCUT2D eigenvalue weighted by atomic mass is 10.0. The molecule has 1 unspecified atom stereocenters. The molecule has 4 rings (SSSR count).